The third kappa shape index (κ3) is 4.26. The molecule has 2 unspecified atom stereocenters. The lowest BCUT2D eigenvalue weighted by molar-refractivity contribution is -0.119. The average Bonchev–Trinajstić information content (AvgIpc) is 3.42. The number of nitrogens with zero attached hydrogens (tertiary/aromatic N) is 4. The number of anilines is 1. The molecule has 4 aromatic rings. The van der Waals surface area contributed by atoms with Gasteiger partial charge in [0.15, 0.2) is 10.8 Å². The fourth-order valence-corrected chi connectivity index (χ4v) is 3.65. The Kier molecular flexibility index (Phi) is 6.49. The Labute approximate surface area is 168 Å². The van der Waals surface area contributed by atoms with Gasteiger partial charge in [-0.3, -0.25) is 9.20 Å². The van der Waals surface area contributed by atoms with Gasteiger partial charge in [0, 0.05) is 29.6 Å². The van der Waals surface area contributed by atoms with Crippen molar-refractivity contribution in [1.82, 2.24) is 19.6 Å². The van der Waals surface area contributed by atoms with Crippen molar-refractivity contribution in [3.8, 4) is 0 Å². The van der Waals surface area contributed by atoms with Crippen LogP contribution in [0, 0.1) is 5.92 Å². The first-order valence-corrected chi connectivity index (χ1v) is 10.1. The second kappa shape index (κ2) is 9.23. The molecule has 4 rings (SSSR count). The van der Waals surface area contributed by atoms with Crippen molar-refractivity contribution in [2.75, 3.05) is 5.32 Å². The van der Waals surface area contributed by atoms with Gasteiger partial charge in [0.25, 0.3) is 0 Å². The Bertz CT molecular complexity index is 1010. The summed E-state index contributed by atoms with van der Waals surface area (Å²) in [6.07, 6.45) is 5.33. The molecule has 0 aliphatic heterocycles. The second-order valence-corrected chi connectivity index (χ2v) is 6.96. The number of hydrogen-bond acceptors (Lipinski definition) is 5. The van der Waals surface area contributed by atoms with Gasteiger partial charge in [-0.2, -0.15) is 0 Å². The van der Waals surface area contributed by atoms with E-state index in [1.54, 1.807) is 12.5 Å². The first-order valence-electron chi connectivity index (χ1n) is 9.27. The lowest BCUT2D eigenvalue weighted by Gasteiger charge is -2.24. The van der Waals surface area contributed by atoms with Crippen molar-refractivity contribution in [3.05, 3.63) is 77.7 Å². The molecule has 0 aliphatic carbocycles. The van der Waals surface area contributed by atoms with Gasteiger partial charge in [0.1, 0.15) is 6.33 Å². The van der Waals surface area contributed by atoms with Crippen molar-refractivity contribution in [2.24, 2.45) is 5.92 Å². The fourth-order valence-electron chi connectivity index (χ4n) is 3.11. The van der Waals surface area contributed by atoms with E-state index >= 15 is 0 Å². The molecule has 3 heterocycles. The van der Waals surface area contributed by atoms with Crippen LogP contribution < -0.4 is 5.32 Å². The quantitative estimate of drug-likeness (QED) is 0.537. The number of hydrogen-bond donors (Lipinski definition) is 1. The monoisotopic (exact) mass is 393 g/mol. The van der Waals surface area contributed by atoms with Crippen LogP contribution in [0.15, 0.2) is 66.6 Å². The highest BCUT2D eigenvalue weighted by Gasteiger charge is 2.28. The average molecular weight is 394 g/mol. The van der Waals surface area contributed by atoms with Gasteiger partial charge >= 0.3 is 0 Å². The standard InChI is InChI=1S/C19H17N5OS.C2H6/c1-13(18(25)22-19-20-9-10-26-19)17(14-5-3-2-4-6-14)15-7-8-16-23-21-12-24(16)11-15;1-2/h2-13,17H,1H3,(H,20,22,25);1-2H3. The fraction of sp³-hybridized carbons (Fsp3) is 0.238. The topological polar surface area (TPSA) is 72.2 Å². The molecule has 6 nitrogen and oxygen atoms in total. The van der Waals surface area contributed by atoms with Crippen LogP contribution in [0.2, 0.25) is 0 Å². The number of nitrogens with one attached hydrogen (secondary N) is 1. The van der Waals surface area contributed by atoms with Gasteiger partial charge in [-0.15, -0.1) is 21.5 Å². The predicted molar refractivity (Wildman–Crippen MR) is 113 cm³/mol. The molecule has 144 valence electrons. The maximum absolute atomic E-state index is 12.8. The highest BCUT2D eigenvalue weighted by Crippen LogP contribution is 2.33. The summed E-state index contributed by atoms with van der Waals surface area (Å²) >= 11 is 1.41. The summed E-state index contributed by atoms with van der Waals surface area (Å²) < 4.78 is 1.87. The number of carbonyl (C=O) groups is 1. The maximum Gasteiger partial charge on any atom is 0.229 e. The minimum absolute atomic E-state index is 0.0577. The van der Waals surface area contributed by atoms with E-state index < -0.39 is 0 Å². The summed E-state index contributed by atoms with van der Waals surface area (Å²) in [6, 6.07) is 14.0. The normalized spacial score (nSPS) is 12.7. The Morgan fingerprint density at radius 2 is 1.89 bits per heavy atom. The number of carbonyl (C=O) groups excluding carboxylic acids is 1. The molecular weight excluding hydrogens is 370 g/mol. The highest BCUT2D eigenvalue weighted by atomic mass is 32.1. The second-order valence-electron chi connectivity index (χ2n) is 6.06. The predicted octanol–water partition coefficient (Wildman–Crippen LogP) is 4.62. The van der Waals surface area contributed by atoms with E-state index in [4.69, 9.17) is 0 Å². The SMILES string of the molecule is CC.CC(C(=O)Nc1nccs1)C(c1ccccc1)c1ccc2nncn2c1. The van der Waals surface area contributed by atoms with E-state index in [0.717, 1.165) is 16.8 Å². The zero-order chi connectivity index (χ0) is 19.9. The molecule has 2 atom stereocenters. The summed E-state index contributed by atoms with van der Waals surface area (Å²) in [4.78, 5) is 17.0. The molecule has 0 fully saturated rings. The van der Waals surface area contributed by atoms with E-state index in [2.05, 4.69) is 20.5 Å². The van der Waals surface area contributed by atoms with E-state index in [0.29, 0.717) is 5.13 Å². The maximum atomic E-state index is 12.8. The number of thiazole rings is 1. The molecule has 0 radical (unpaired) electrons. The van der Waals surface area contributed by atoms with Crippen LogP contribution in [0.3, 0.4) is 0 Å². The number of fused-ring (bicyclic) bond motifs is 1. The summed E-state index contributed by atoms with van der Waals surface area (Å²) in [5.41, 5.74) is 2.90. The van der Waals surface area contributed by atoms with E-state index in [9.17, 15) is 4.79 Å². The van der Waals surface area contributed by atoms with Crippen molar-refractivity contribution >= 4 is 28.0 Å². The third-order valence-electron chi connectivity index (χ3n) is 4.41. The Hall–Kier alpha value is -3.06. The molecule has 1 amide bonds. The van der Waals surface area contributed by atoms with Crippen molar-refractivity contribution in [3.63, 3.8) is 0 Å². The van der Waals surface area contributed by atoms with Crippen molar-refractivity contribution in [1.29, 1.82) is 0 Å². The summed E-state index contributed by atoms with van der Waals surface area (Å²) in [7, 11) is 0. The van der Waals surface area contributed by atoms with E-state index in [1.807, 2.05) is 79.2 Å². The molecule has 1 aromatic carbocycles. The zero-order valence-electron chi connectivity index (χ0n) is 16.1. The third-order valence-corrected chi connectivity index (χ3v) is 5.10. The molecule has 0 saturated heterocycles. The smallest absolute Gasteiger partial charge is 0.229 e. The van der Waals surface area contributed by atoms with Crippen molar-refractivity contribution < 1.29 is 4.79 Å². The minimum atomic E-state index is -0.282. The van der Waals surface area contributed by atoms with Crippen molar-refractivity contribution in [2.45, 2.75) is 26.7 Å². The van der Waals surface area contributed by atoms with Crippen LogP contribution in [-0.2, 0) is 4.79 Å². The first-order chi connectivity index (χ1) is 13.7. The van der Waals surface area contributed by atoms with Crippen LogP contribution in [-0.4, -0.2) is 25.5 Å². The molecule has 28 heavy (non-hydrogen) atoms. The zero-order valence-corrected chi connectivity index (χ0v) is 16.9. The van der Waals surface area contributed by atoms with Gasteiger partial charge in [0.05, 0.1) is 0 Å². The Balaban J connectivity index is 0.00000109. The van der Waals surface area contributed by atoms with Crippen LogP contribution >= 0.6 is 11.3 Å². The molecule has 0 saturated carbocycles. The molecular formula is C21H23N5OS. The molecule has 7 heteroatoms. The van der Waals surface area contributed by atoms with Gasteiger partial charge in [-0.25, -0.2) is 4.98 Å². The van der Waals surface area contributed by atoms with Crippen LogP contribution in [0.1, 0.15) is 37.8 Å². The number of benzene rings is 1. The van der Waals surface area contributed by atoms with Crippen LogP contribution in [0.25, 0.3) is 5.65 Å². The first kappa shape index (κ1) is 19.7. The molecule has 1 N–H and O–H groups in total. The number of rotatable bonds is 5. The van der Waals surface area contributed by atoms with Gasteiger partial charge < -0.3 is 5.32 Å². The molecule has 0 aliphatic rings. The molecule has 0 bridgehead atoms. The minimum Gasteiger partial charge on any atom is -0.302 e. The van der Waals surface area contributed by atoms with Gasteiger partial charge in [0.2, 0.25) is 5.91 Å². The Morgan fingerprint density at radius 3 is 2.61 bits per heavy atom. The van der Waals surface area contributed by atoms with Gasteiger partial charge in [-0.1, -0.05) is 57.2 Å². The largest absolute Gasteiger partial charge is 0.302 e. The van der Waals surface area contributed by atoms with E-state index in [1.165, 1.54) is 11.3 Å². The number of aromatic nitrogens is 4. The summed E-state index contributed by atoms with van der Waals surface area (Å²) in [5.74, 6) is -0.434. The summed E-state index contributed by atoms with van der Waals surface area (Å²) in [5, 5.41) is 13.3. The summed E-state index contributed by atoms with van der Waals surface area (Å²) in [6.45, 7) is 5.94. The lowest BCUT2D eigenvalue weighted by Crippen LogP contribution is -2.26. The van der Waals surface area contributed by atoms with E-state index in [-0.39, 0.29) is 17.7 Å². The lowest BCUT2D eigenvalue weighted by atomic mass is 9.82. The van der Waals surface area contributed by atoms with Gasteiger partial charge in [-0.05, 0) is 17.2 Å². The highest BCUT2D eigenvalue weighted by molar-refractivity contribution is 7.13. The molecule has 3 aromatic heterocycles. The van der Waals surface area contributed by atoms with Crippen LogP contribution in [0.5, 0.6) is 0 Å². The molecule has 0 spiro atoms. The number of amides is 1. The number of pyridine rings is 1. The van der Waals surface area contributed by atoms with Crippen LogP contribution in [0.4, 0.5) is 5.13 Å². The Morgan fingerprint density at radius 1 is 1.11 bits per heavy atom.